The van der Waals surface area contributed by atoms with Gasteiger partial charge in [0.1, 0.15) is 11.5 Å². The maximum atomic E-state index is 5.81. The van der Waals surface area contributed by atoms with Crippen LogP contribution in [0, 0.1) is 0 Å². The summed E-state index contributed by atoms with van der Waals surface area (Å²) in [7, 11) is 1.72. The van der Waals surface area contributed by atoms with Gasteiger partial charge in [-0.3, -0.25) is 4.90 Å². The van der Waals surface area contributed by atoms with E-state index in [0.717, 1.165) is 44.3 Å². The Kier molecular flexibility index (Phi) is 7.48. The summed E-state index contributed by atoms with van der Waals surface area (Å²) in [5.74, 6) is 1.97. The third-order valence-corrected chi connectivity index (χ3v) is 2.78. The smallest absolute Gasteiger partial charge is 0.118 e. The Balaban J connectivity index is 2.47. The molecule has 0 bridgehead atoms. The molecule has 0 aliphatic carbocycles. The van der Waals surface area contributed by atoms with Gasteiger partial charge in [-0.05, 0) is 12.1 Å². The Morgan fingerprint density at radius 1 is 1.42 bits per heavy atom. The number of rotatable bonds is 10. The number of nitrogens with zero attached hydrogens (tertiary/aromatic N) is 1. The van der Waals surface area contributed by atoms with Gasteiger partial charge < -0.3 is 14.5 Å². The zero-order valence-electron chi connectivity index (χ0n) is 12.3. The van der Waals surface area contributed by atoms with E-state index in [2.05, 4.69) is 30.6 Å². The van der Waals surface area contributed by atoms with Gasteiger partial charge in [-0.25, -0.2) is 0 Å². The van der Waals surface area contributed by atoms with Crippen molar-refractivity contribution in [3.8, 4) is 0 Å². The molecule has 1 rings (SSSR count). The Morgan fingerprint density at radius 3 is 2.79 bits per heavy atom. The van der Waals surface area contributed by atoms with Crippen molar-refractivity contribution in [2.45, 2.75) is 33.0 Å². The molecule has 0 atom stereocenters. The topological polar surface area (TPSA) is 37.6 Å². The molecule has 0 aliphatic heterocycles. The second-order valence-corrected chi connectivity index (χ2v) is 4.92. The van der Waals surface area contributed by atoms with Gasteiger partial charge in [0, 0.05) is 26.2 Å². The summed E-state index contributed by atoms with van der Waals surface area (Å²) < 4.78 is 10.9. The van der Waals surface area contributed by atoms with E-state index >= 15 is 0 Å². The first-order valence-electron chi connectivity index (χ1n) is 6.79. The average molecular weight is 266 g/mol. The molecule has 0 aliphatic rings. The highest BCUT2D eigenvalue weighted by atomic mass is 16.5. The van der Waals surface area contributed by atoms with E-state index in [1.807, 2.05) is 18.2 Å². The molecule has 4 heteroatoms. The molecule has 0 fully saturated rings. The van der Waals surface area contributed by atoms with E-state index in [0.29, 0.717) is 6.04 Å². The predicted molar refractivity (Wildman–Crippen MR) is 78.0 cm³/mol. The SMILES string of the molecule is C=CCN(CCOC)Cc1ccc(CNC(C)C)o1. The van der Waals surface area contributed by atoms with E-state index < -0.39 is 0 Å². The minimum atomic E-state index is 0.465. The largest absolute Gasteiger partial charge is 0.463 e. The fourth-order valence-corrected chi connectivity index (χ4v) is 1.77. The van der Waals surface area contributed by atoms with Gasteiger partial charge in [-0.2, -0.15) is 0 Å². The van der Waals surface area contributed by atoms with E-state index in [9.17, 15) is 0 Å². The van der Waals surface area contributed by atoms with Crippen molar-refractivity contribution in [3.63, 3.8) is 0 Å². The first kappa shape index (κ1) is 16.0. The van der Waals surface area contributed by atoms with Crippen molar-refractivity contribution < 1.29 is 9.15 Å². The highest BCUT2D eigenvalue weighted by Crippen LogP contribution is 2.11. The lowest BCUT2D eigenvalue weighted by Gasteiger charge is -2.18. The lowest BCUT2D eigenvalue weighted by Crippen LogP contribution is -2.27. The average Bonchev–Trinajstić information content (AvgIpc) is 2.81. The second-order valence-electron chi connectivity index (χ2n) is 4.92. The standard InChI is InChI=1S/C15H26N2O2/c1-5-8-17(9-10-18-4)12-15-7-6-14(19-15)11-16-13(2)3/h5-7,13,16H,1,8-12H2,2-4H3. The quantitative estimate of drug-likeness (QED) is 0.660. The van der Waals surface area contributed by atoms with Crippen molar-refractivity contribution >= 4 is 0 Å². The van der Waals surface area contributed by atoms with Gasteiger partial charge >= 0.3 is 0 Å². The van der Waals surface area contributed by atoms with Crippen LogP contribution < -0.4 is 5.32 Å². The highest BCUT2D eigenvalue weighted by molar-refractivity contribution is 5.07. The van der Waals surface area contributed by atoms with Crippen LogP contribution in [0.15, 0.2) is 29.2 Å². The normalized spacial score (nSPS) is 11.4. The maximum Gasteiger partial charge on any atom is 0.118 e. The molecule has 1 aromatic rings. The number of methoxy groups -OCH3 is 1. The number of nitrogens with one attached hydrogen (secondary N) is 1. The molecule has 0 unspecified atom stereocenters. The number of ether oxygens (including phenoxy) is 1. The van der Waals surface area contributed by atoms with Crippen molar-refractivity contribution in [1.29, 1.82) is 0 Å². The van der Waals surface area contributed by atoms with Crippen LogP contribution in [0.4, 0.5) is 0 Å². The molecule has 0 spiro atoms. The van der Waals surface area contributed by atoms with Gasteiger partial charge in [-0.15, -0.1) is 6.58 Å². The van der Waals surface area contributed by atoms with Gasteiger partial charge in [0.15, 0.2) is 0 Å². The molecule has 4 nitrogen and oxygen atoms in total. The fraction of sp³-hybridized carbons (Fsp3) is 0.600. The number of furan rings is 1. The van der Waals surface area contributed by atoms with Gasteiger partial charge in [0.25, 0.3) is 0 Å². The third-order valence-electron chi connectivity index (χ3n) is 2.78. The molecule has 0 radical (unpaired) electrons. The van der Waals surface area contributed by atoms with Crippen molar-refractivity contribution in [1.82, 2.24) is 10.2 Å². The Bertz CT molecular complexity index is 361. The Hall–Kier alpha value is -1.10. The molecule has 0 saturated heterocycles. The molecule has 19 heavy (non-hydrogen) atoms. The zero-order valence-corrected chi connectivity index (χ0v) is 12.3. The number of hydrogen-bond donors (Lipinski definition) is 1. The van der Waals surface area contributed by atoms with Gasteiger partial charge in [0.05, 0.1) is 19.7 Å². The van der Waals surface area contributed by atoms with Crippen molar-refractivity contribution in [2.75, 3.05) is 26.8 Å². The van der Waals surface area contributed by atoms with Crippen molar-refractivity contribution in [2.24, 2.45) is 0 Å². The molecule has 0 aromatic carbocycles. The monoisotopic (exact) mass is 266 g/mol. The van der Waals surface area contributed by atoms with E-state index in [-0.39, 0.29) is 0 Å². The minimum Gasteiger partial charge on any atom is -0.463 e. The van der Waals surface area contributed by atoms with Crippen LogP contribution in [0.25, 0.3) is 0 Å². The van der Waals surface area contributed by atoms with Crippen molar-refractivity contribution in [3.05, 3.63) is 36.3 Å². The summed E-state index contributed by atoms with van der Waals surface area (Å²) in [6.45, 7) is 12.0. The minimum absolute atomic E-state index is 0.465. The van der Waals surface area contributed by atoms with Crippen LogP contribution in [-0.4, -0.2) is 37.7 Å². The molecule has 1 aromatic heterocycles. The lowest BCUT2D eigenvalue weighted by atomic mass is 10.3. The van der Waals surface area contributed by atoms with Crippen LogP contribution in [0.3, 0.4) is 0 Å². The molecular formula is C15H26N2O2. The molecule has 0 saturated carbocycles. The molecule has 1 N–H and O–H groups in total. The second kappa shape index (κ2) is 8.91. The molecular weight excluding hydrogens is 240 g/mol. The maximum absolute atomic E-state index is 5.81. The lowest BCUT2D eigenvalue weighted by molar-refractivity contribution is 0.146. The summed E-state index contributed by atoms with van der Waals surface area (Å²) >= 11 is 0. The summed E-state index contributed by atoms with van der Waals surface area (Å²) in [5.41, 5.74) is 0. The fourth-order valence-electron chi connectivity index (χ4n) is 1.77. The van der Waals surface area contributed by atoms with Crippen LogP contribution in [0.2, 0.25) is 0 Å². The highest BCUT2D eigenvalue weighted by Gasteiger charge is 2.08. The number of hydrogen-bond acceptors (Lipinski definition) is 4. The van der Waals surface area contributed by atoms with E-state index in [4.69, 9.17) is 9.15 Å². The molecule has 108 valence electrons. The van der Waals surface area contributed by atoms with Crippen LogP contribution in [0.1, 0.15) is 25.4 Å². The summed E-state index contributed by atoms with van der Waals surface area (Å²) in [6.07, 6.45) is 1.90. The van der Waals surface area contributed by atoms with Gasteiger partial charge in [-0.1, -0.05) is 19.9 Å². The van der Waals surface area contributed by atoms with Crippen LogP contribution >= 0.6 is 0 Å². The van der Waals surface area contributed by atoms with E-state index in [1.54, 1.807) is 7.11 Å². The van der Waals surface area contributed by atoms with E-state index in [1.165, 1.54) is 0 Å². The molecule has 1 heterocycles. The summed E-state index contributed by atoms with van der Waals surface area (Å²) in [4.78, 5) is 2.25. The third kappa shape index (κ3) is 6.57. The summed E-state index contributed by atoms with van der Waals surface area (Å²) in [6, 6.07) is 4.54. The van der Waals surface area contributed by atoms with Crippen LogP contribution in [-0.2, 0) is 17.8 Å². The van der Waals surface area contributed by atoms with Gasteiger partial charge in [0.2, 0.25) is 0 Å². The zero-order chi connectivity index (χ0) is 14.1. The Labute approximate surface area is 116 Å². The Morgan fingerprint density at radius 2 is 2.16 bits per heavy atom. The van der Waals surface area contributed by atoms with Crippen LogP contribution in [0.5, 0.6) is 0 Å². The first-order chi connectivity index (χ1) is 9.15. The first-order valence-corrected chi connectivity index (χ1v) is 6.79. The summed E-state index contributed by atoms with van der Waals surface area (Å²) in [5, 5.41) is 3.34. The molecule has 0 amide bonds. The predicted octanol–water partition coefficient (Wildman–Crippen LogP) is 2.41.